The number of likely N-dealkylation sites (tertiary alicyclic amines) is 1. The van der Waals surface area contributed by atoms with Crippen molar-refractivity contribution in [2.45, 2.75) is 109 Å². The van der Waals surface area contributed by atoms with Crippen LogP contribution in [-0.4, -0.2) is 107 Å². The lowest BCUT2D eigenvalue weighted by atomic mass is 9.77. The lowest BCUT2D eigenvalue weighted by Gasteiger charge is -2.35. The van der Waals surface area contributed by atoms with Crippen LogP contribution >= 0.6 is 7.37 Å². The maximum absolute atomic E-state index is 14.4. The molecule has 5 rings (SSSR count). The first-order valence-electron chi connectivity index (χ1n) is 18.2. The summed E-state index contributed by atoms with van der Waals surface area (Å²) in [6.45, 7) is 12.7. The number of carbonyl (C=O) groups excluding carboxylic acids is 4. The standard InChI is InChI=1S/C38H56N3O9P/c1-8-27-20-38(27,51(7,46)47)21-33(42)32-18-30(24-41(32)35(44)31(37(2,3)4)19-34(43)49-28-11-9-10-12-28)50-36(45)40-22-25-13-14-29(17-26(25)23-40)48-16-15-39(5)6/h8,13-14,17,27-28,30-32H,1,9-12,15-16,18-24H2,2-7H3,(H,46,47)/t27-,30-,31-,32+,38-/m1/s1. The Morgan fingerprint density at radius 1 is 1.10 bits per heavy atom. The largest absolute Gasteiger partial charge is 0.492 e. The smallest absolute Gasteiger partial charge is 0.410 e. The van der Waals surface area contributed by atoms with Crippen molar-refractivity contribution in [1.29, 1.82) is 0 Å². The molecule has 51 heavy (non-hydrogen) atoms. The lowest BCUT2D eigenvalue weighted by molar-refractivity contribution is -0.156. The summed E-state index contributed by atoms with van der Waals surface area (Å²) in [4.78, 5) is 70.9. The van der Waals surface area contributed by atoms with Crippen LogP contribution in [0.5, 0.6) is 5.75 Å². The quantitative estimate of drug-likeness (QED) is 0.150. The van der Waals surface area contributed by atoms with E-state index in [4.69, 9.17) is 14.2 Å². The van der Waals surface area contributed by atoms with Crippen molar-refractivity contribution in [2.75, 3.05) is 40.5 Å². The second kappa shape index (κ2) is 15.4. The van der Waals surface area contributed by atoms with Crippen molar-refractivity contribution in [3.63, 3.8) is 0 Å². The molecule has 12 nitrogen and oxygen atoms in total. The molecule has 1 saturated heterocycles. The monoisotopic (exact) mass is 729 g/mol. The number of carbonyl (C=O) groups is 4. The SMILES string of the molecule is C=C[C@@H]1C[C@]1(CC(=O)[C@@H]1C[C@@H](OC(=O)N2Cc3ccc(OCCN(C)C)cc3C2)CN1C(=O)[C@@H](CC(=O)OC1CCCC1)C(C)(C)C)P(C)(=O)O. The van der Waals surface area contributed by atoms with Gasteiger partial charge in [0.15, 0.2) is 5.78 Å². The minimum absolute atomic E-state index is 0.0311. The molecule has 2 saturated carbocycles. The highest BCUT2D eigenvalue weighted by Gasteiger charge is 2.63. The summed E-state index contributed by atoms with van der Waals surface area (Å²) in [5.41, 5.74) is 1.29. The van der Waals surface area contributed by atoms with Crippen molar-refractivity contribution in [3.8, 4) is 5.75 Å². The number of hydrogen-bond acceptors (Lipinski definition) is 9. The Morgan fingerprint density at radius 2 is 1.78 bits per heavy atom. The Balaban J connectivity index is 1.31. The summed E-state index contributed by atoms with van der Waals surface area (Å²) >= 11 is 0. The fourth-order valence-electron chi connectivity index (χ4n) is 7.83. The third-order valence-corrected chi connectivity index (χ3v) is 13.5. The minimum atomic E-state index is -3.70. The number of likely N-dealkylation sites (N-methyl/N-ethyl adjacent to an activating group) is 1. The maximum atomic E-state index is 14.4. The minimum Gasteiger partial charge on any atom is -0.492 e. The molecule has 4 aliphatic rings. The highest BCUT2D eigenvalue weighted by atomic mass is 31.2. The van der Waals surface area contributed by atoms with Gasteiger partial charge in [-0.25, -0.2) is 4.79 Å². The molecule has 1 aromatic carbocycles. The zero-order valence-electron chi connectivity index (χ0n) is 31.1. The fraction of sp³-hybridized carbons (Fsp3) is 0.684. The third kappa shape index (κ3) is 9.06. The van der Waals surface area contributed by atoms with E-state index in [1.807, 2.05) is 58.0 Å². The molecule has 282 valence electrons. The number of ether oxygens (including phenoxy) is 3. The molecule has 6 atom stereocenters. The van der Waals surface area contributed by atoms with Crippen molar-refractivity contribution in [3.05, 3.63) is 42.0 Å². The van der Waals surface area contributed by atoms with E-state index < -0.39 is 54.0 Å². The molecule has 1 N–H and O–H groups in total. The van der Waals surface area contributed by atoms with Gasteiger partial charge in [-0.2, -0.15) is 0 Å². The molecule has 0 aromatic heterocycles. The number of rotatable bonds is 14. The van der Waals surface area contributed by atoms with Crippen LogP contribution in [-0.2, 0) is 41.5 Å². The highest BCUT2D eigenvalue weighted by molar-refractivity contribution is 7.59. The van der Waals surface area contributed by atoms with E-state index in [0.29, 0.717) is 26.1 Å². The van der Waals surface area contributed by atoms with Gasteiger partial charge in [-0.05, 0) is 80.8 Å². The van der Waals surface area contributed by atoms with Crippen molar-refractivity contribution >= 4 is 31.1 Å². The Labute approximate surface area is 302 Å². The van der Waals surface area contributed by atoms with Crippen molar-refractivity contribution in [1.82, 2.24) is 14.7 Å². The summed E-state index contributed by atoms with van der Waals surface area (Å²) in [6, 6.07) is 4.78. The summed E-state index contributed by atoms with van der Waals surface area (Å²) in [5.74, 6) is -1.57. The number of benzene rings is 1. The first-order valence-corrected chi connectivity index (χ1v) is 20.3. The molecule has 1 aromatic rings. The predicted octanol–water partition coefficient (Wildman–Crippen LogP) is 5.39. The molecule has 2 aliphatic carbocycles. The van der Waals surface area contributed by atoms with Gasteiger partial charge in [0.2, 0.25) is 13.3 Å². The summed E-state index contributed by atoms with van der Waals surface area (Å²) in [6.07, 6.45) is 3.81. The molecule has 2 amide bonds. The predicted molar refractivity (Wildman–Crippen MR) is 192 cm³/mol. The molecule has 2 heterocycles. The zero-order chi connectivity index (χ0) is 37.3. The van der Waals surface area contributed by atoms with E-state index in [0.717, 1.165) is 49.1 Å². The topological polar surface area (TPSA) is 143 Å². The van der Waals surface area contributed by atoms with Crippen LogP contribution in [0, 0.1) is 17.3 Å². The van der Waals surface area contributed by atoms with Crippen molar-refractivity contribution < 1.29 is 42.8 Å². The molecular weight excluding hydrogens is 673 g/mol. The molecule has 2 aliphatic heterocycles. The normalized spacial score (nSPS) is 26.4. The lowest BCUT2D eigenvalue weighted by Crippen LogP contribution is -2.48. The highest BCUT2D eigenvalue weighted by Crippen LogP contribution is 2.71. The van der Waals surface area contributed by atoms with Crippen LogP contribution in [0.1, 0.15) is 83.3 Å². The summed E-state index contributed by atoms with van der Waals surface area (Å²) < 4.78 is 30.6. The molecule has 0 bridgehead atoms. The number of nitrogens with zero attached hydrogens (tertiary/aromatic N) is 3. The first-order chi connectivity index (χ1) is 23.9. The van der Waals surface area contributed by atoms with Gasteiger partial charge < -0.3 is 28.9 Å². The molecule has 0 spiro atoms. The Hall–Kier alpha value is -3.21. The molecule has 1 unspecified atom stereocenters. The number of ketones is 1. The first kappa shape index (κ1) is 39.0. The van der Waals surface area contributed by atoms with Crippen LogP contribution in [0.2, 0.25) is 0 Å². The second-order valence-corrected chi connectivity index (χ2v) is 19.0. The summed E-state index contributed by atoms with van der Waals surface area (Å²) in [5, 5.41) is -1.12. The van der Waals surface area contributed by atoms with Crippen LogP contribution in [0.15, 0.2) is 30.9 Å². The number of allylic oxidation sites excluding steroid dienone is 1. The van der Waals surface area contributed by atoms with E-state index in [2.05, 4.69) is 6.58 Å². The molecule has 3 fully saturated rings. The van der Waals surface area contributed by atoms with Crippen LogP contribution in [0.25, 0.3) is 0 Å². The molecule has 13 heteroatoms. The Kier molecular flexibility index (Phi) is 11.8. The third-order valence-electron chi connectivity index (χ3n) is 11.2. The van der Waals surface area contributed by atoms with Gasteiger partial charge in [0, 0.05) is 39.1 Å². The average molecular weight is 730 g/mol. The van der Waals surface area contributed by atoms with Crippen LogP contribution in [0.4, 0.5) is 4.79 Å². The fourth-order valence-corrected chi connectivity index (χ4v) is 9.53. The summed E-state index contributed by atoms with van der Waals surface area (Å²) in [7, 11) is 0.250. The number of esters is 1. The van der Waals surface area contributed by atoms with Crippen LogP contribution < -0.4 is 4.74 Å². The van der Waals surface area contributed by atoms with E-state index in [1.165, 1.54) is 11.6 Å². The second-order valence-electron chi connectivity index (χ2n) is 16.4. The van der Waals surface area contributed by atoms with Gasteiger partial charge in [0.05, 0.1) is 30.1 Å². The number of hydrogen-bond donors (Lipinski definition) is 1. The van der Waals surface area contributed by atoms with Gasteiger partial charge in [0.25, 0.3) is 0 Å². The van der Waals surface area contributed by atoms with E-state index in [-0.39, 0.29) is 43.6 Å². The van der Waals surface area contributed by atoms with Gasteiger partial charge in [-0.3, -0.25) is 23.8 Å². The van der Waals surface area contributed by atoms with Gasteiger partial charge in [-0.15, -0.1) is 6.58 Å². The van der Waals surface area contributed by atoms with Crippen LogP contribution in [0.3, 0.4) is 0 Å². The Bertz CT molecular complexity index is 1540. The number of fused-ring (bicyclic) bond motifs is 1. The van der Waals surface area contributed by atoms with Crippen molar-refractivity contribution in [2.24, 2.45) is 17.3 Å². The average Bonchev–Trinajstić information content (AvgIpc) is 3.42. The number of amides is 2. The molecular formula is C38H56N3O9P. The zero-order valence-corrected chi connectivity index (χ0v) is 32.0. The maximum Gasteiger partial charge on any atom is 0.410 e. The molecule has 0 radical (unpaired) electrons. The van der Waals surface area contributed by atoms with Gasteiger partial charge >= 0.3 is 12.1 Å². The van der Waals surface area contributed by atoms with E-state index >= 15 is 0 Å². The van der Waals surface area contributed by atoms with Gasteiger partial charge in [0.1, 0.15) is 24.6 Å². The number of Topliss-reactive ketones (excluding diaryl/α,β-unsaturated/α-hetero) is 1. The Morgan fingerprint density at radius 3 is 2.39 bits per heavy atom. The van der Waals surface area contributed by atoms with E-state index in [9.17, 15) is 28.6 Å². The van der Waals surface area contributed by atoms with E-state index in [1.54, 1.807) is 11.0 Å². The van der Waals surface area contributed by atoms with Gasteiger partial charge in [-0.1, -0.05) is 32.9 Å².